The van der Waals surface area contributed by atoms with Gasteiger partial charge in [0.05, 0.1) is 0 Å². The van der Waals surface area contributed by atoms with E-state index in [0.29, 0.717) is 30.5 Å². The Bertz CT molecular complexity index is 647. The minimum Gasteiger partial charge on any atom is -0.265 e. The van der Waals surface area contributed by atoms with Crippen molar-refractivity contribution in [3.63, 3.8) is 0 Å². The van der Waals surface area contributed by atoms with E-state index in [1.165, 1.54) is 0 Å². The van der Waals surface area contributed by atoms with Crippen LogP contribution in [0.5, 0.6) is 17.2 Å². The third-order valence-corrected chi connectivity index (χ3v) is 5.93. The smallest absolute Gasteiger partial charge is 0.265 e. The molecule has 3 aromatic carbocycles. The van der Waals surface area contributed by atoms with Crippen molar-refractivity contribution in [2.24, 2.45) is 0 Å². The van der Waals surface area contributed by atoms with Crippen LogP contribution in [0.25, 0.3) is 0 Å². The molecule has 0 aliphatic heterocycles. The van der Waals surface area contributed by atoms with Gasteiger partial charge in [-0.1, -0.05) is 54.6 Å². The first-order valence-corrected chi connectivity index (χ1v) is 24.2. The Balaban J connectivity index is 0.000000758. The van der Waals surface area contributed by atoms with Gasteiger partial charge in [-0.3, -0.25) is 13.6 Å². The van der Waals surface area contributed by atoms with Crippen LogP contribution in [0.15, 0.2) is 91.0 Å². The molecule has 0 N–H and O–H groups in total. The van der Waals surface area contributed by atoms with Gasteiger partial charge in [0.25, 0.3) is 22.0 Å². The molecule has 0 amide bonds. The molecule has 8 heteroatoms. The summed E-state index contributed by atoms with van der Waals surface area (Å²) in [7, 11) is 0. The van der Waals surface area contributed by atoms with Gasteiger partial charge in [-0.15, -0.1) is 0 Å². The molecule has 3 nitrogen and oxygen atoms in total. The Labute approximate surface area is 197 Å². The first kappa shape index (κ1) is 22.7. The van der Waals surface area contributed by atoms with Gasteiger partial charge in [0.15, 0.2) is 17.2 Å². The van der Waals surface area contributed by atoms with Crippen LogP contribution >= 0.6 is 64.9 Å². The molecule has 0 aliphatic carbocycles. The Kier molecular flexibility index (Phi) is 11.2. The number of benzene rings is 3. The molecule has 0 saturated heterocycles. The van der Waals surface area contributed by atoms with E-state index < -0.39 is 5.59 Å². The van der Waals surface area contributed by atoms with Crippen molar-refractivity contribution in [3.05, 3.63) is 91.0 Å². The van der Waals surface area contributed by atoms with E-state index in [-0.39, 0.29) is 0 Å². The molecule has 0 aromatic heterocycles. The van der Waals surface area contributed by atoms with Crippen LogP contribution in [0.4, 0.5) is 0 Å². The molecule has 0 aliphatic rings. The molecule has 0 unspecified atom stereocenters. The molecule has 0 saturated carbocycles. The molecule has 0 spiro atoms. The van der Waals surface area contributed by atoms with Crippen LogP contribution < -0.4 is 26.8 Å². The first-order valence-electron chi connectivity index (χ1n) is 7.35. The molecule has 0 bridgehead atoms. The van der Waals surface area contributed by atoms with Crippen LogP contribution in [0, 0.1) is 0 Å². The fourth-order valence-electron chi connectivity index (χ4n) is 1.88. The van der Waals surface area contributed by atoms with Gasteiger partial charge in [-0.2, -0.15) is 0 Å². The fraction of sp³-hybridized carbons (Fsp3) is 0. The molecule has 3 aromatic rings. The zero-order chi connectivity index (χ0) is 18.7. The molecule has 26 heavy (non-hydrogen) atoms. The summed E-state index contributed by atoms with van der Waals surface area (Å²) in [6.07, 6.45) is 0. The van der Waals surface area contributed by atoms with Gasteiger partial charge in [-0.05, 0) is 36.4 Å². The summed E-state index contributed by atoms with van der Waals surface area (Å²) in [5.74, 6) is 2.13. The zero-order valence-corrected chi connectivity index (χ0v) is 22.9. The number of hydrogen-bond donors (Lipinski definition) is 0. The predicted molar refractivity (Wildman–Crippen MR) is 130 cm³/mol. The Morgan fingerprint density at radius 3 is 1.00 bits per heavy atom. The molecule has 0 heterocycles. The largest absolute Gasteiger partial charge is 0.607 e. The topological polar surface area (TPSA) is 27.7 Å². The second-order valence-corrected chi connectivity index (χ2v) is 25.9. The Morgan fingerprint density at radius 1 is 0.538 bits per heavy atom. The van der Waals surface area contributed by atoms with Gasteiger partial charge in [0, 0.05) is 0 Å². The number of rotatable bonds is 6. The van der Waals surface area contributed by atoms with Crippen LogP contribution in [0.1, 0.15) is 0 Å². The van der Waals surface area contributed by atoms with Gasteiger partial charge in [0.2, 0.25) is 0 Å². The quantitative estimate of drug-likeness (QED) is 0.256. The predicted octanol–water partition coefficient (Wildman–Crippen LogP) is 5.11. The van der Waals surface area contributed by atoms with Crippen molar-refractivity contribution in [2.75, 3.05) is 0 Å². The third-order valence-electron chi connectivity index (χ3n) is 2.87. The summed E-state index contributed by atoms with van der Waals surface area (Å²) in [6.45, 7) is 0. The normalized spacial score (nSPS) is 10.4. The molecule has 3 rings (SSSR count). The van der Waals surface area contributed by atoms with Gasteiger partial charge < -0.3 is 0 Å². The molecule has 0 radical (unpaired) electrons. The maximum atomic E-state index is 6.06. The zero-order valence-electron chi connectivity index (χ0n) is 13.3. The monoisotopic (exact) mass is 818 g/mol. The summed E-state index contributed by atoms with van der Waals surface area (Å²) in [5.41, 5.74) is -2.67. The SMILES string of the molecule is I[I-]I.I[P+](Oc1ccccc1)(Oc1ccccc1)Oc1ccccc1. The number of para-hydroxylation sites is 3. The first-order chi connectivity index (χ1) is 12.6. The van der Waals surface area contributed by atoms with Gasteiger partial charge >= 0.3 is 56.1 Å². The molecular weight excluding hydrogens is 803 g/mol. The molecule has 0 atom stereocenters. The van der Waals surface area contributed by atoms with Crippen LogP contribution in [-0.2, 0) is 0 Å². The third kappa shape index (κ3) is 8.61. The second-order valence-electron chi connectivity index (χ2n) is 4.70. The van der Waals surface area contributed by atoms with E-state index in [2.05, 4.69) is 59.3 Å². The van der Waals surface area contributed by atoms with Crippen molar-refractivity contribution in [3.8, 4) is 17.2 Å². The molecular formula is C18H15I4O3P. The maximum Gasteiger partial charge on any atom is 0.607 e. The average molecular weight is 818 g/mol. The van der Waals surface area contributed by atoms with E-state index in [1.807, 2.05) is 91.0 Å². The van der Waals surface area contributed by atoms with Crippen molar-refractivity contribution >= 4 is 64.9 Å². The van der Waals surface area contributed by atoms with E-state index in [0.717, 1.165) is 0 Å². The Hall–Kier alpha value is 0.410. The van der Waals surface area contributed by atoms with Crippen molar-refractivity contribution in [1.29, 1.82) is 0 Å². The summed E-state index contributed by atoms with van der Waals surface area (Å²) in [6, 6.07) is 28.6. The van der Waals surface area contributed by atoms with Crippen molar-refractivity contribution in [1.82, 2.24) is 0 Å². The second kappa shape index (κ2) is 12.8. The molecule has 138 valence electrons. The van der Waals surface area contributed by atoms with E-state index in [1.54, 1.807) is 0 Å². The standard InChI is InChI=1S/C18H15IO3P.I3/c19-23(20-16-10-4-1-5-11-16,21-17-12-6-2-7-13-17)22-18-14-8-3-9-15-18;1-3-2/h1-15H;/q+1;-1. The summed E-state index contributed by atoms with van der Waals surface area (Å²) >= 11 is 7.43. The minimum absolute atomic E-state index is 0.530. The van der Waals surface area contributed by atoms with Crippen LogP contribution in [0.3, 0.4) is 0 Å². The van der Waals surface area contributed by atoms with Gasteiger partial charge in [0.1, 0.15) is 0 Å². The van der Waals surface area contributed by atoms with E-state index >= 15 is 0 Å². The van der Waals surface area contributed by atoms with E-state index in [9.17, 15) is 0 Å². The minimum atomic E-state index is -2.67. The summed E-state index contributed by atoms with van der Waals surface area (Å²) < 4.78 is 18.2. The van der Waals surface area contributed by atoms with E-state index in [4.69, 9.17) is 13.6 Å². The van der Waals surface area contributed by atoms with Crippen molar-refractivity contribution < 1.29 is 26.8 Å². The summed E-state index contributed by atoms with van der Waals surface area (Å²) in [4.78, 5) is 0. The number of hydrogen-bond acceptors (Lipinski definition) is 3. The van der Waals surface area contributed by atoms with Gasteiger partial charge in [-0.25, -0.2) is 0 Å². The van der Waals surface area contributed by atoms with Crippen LogP contribution in [0.2, 0.25) is 0 Å². The average Bonchev–Trinajstić information content (AvgIpc) is 2.64. The van der Waals surface area contributed by atoms with Crippen molar-refractivity contribution in [2.45, 2.75) is 0 Å². The number of halogens is 4. The van der Waals surface area contributed by atoms with Crippen LogP contribution in [-0.4, -0.2) is 0 Å². The summed E-state index contributed by atoms with van der Waals surface area (Å²) in [5, 5.41) is 0. The Morgan fingerprint density at radius 2 is 0.769 bits per heavy atom. The fourth-order valence-corrected chi connectivity index (χ4v) is 5.16. The molecule has 0 fully saturated rings. The maximum absolute atomic E-state index is 6.06.